The molecule has 0 radical (unpaired) electrons. The second-order valence-electron chi connectivity index (χ2n) is 9.12. The van der Waals surface area contributed by atoms with Crippen LogP contribution in [0.1, 0.15) is 37.3 Å². The van der Waals surface area contributed by atoms with E-state index < -0.39 is 18.1 Å². The molecule has 3 N–H and O–H groups in total. The Bertz CT molecular complexity index is 1210. The third-order valence-corrected chi connectivity index (χ3v) is 6.37. The number of aliphatic hydroxyl groups is 1. The van der Waals surface area contributed by atoms with Crippen molar-refractivity contribution in [2.24, 2.45) is 7.05 Å². The molecule has 2 unspecified atom stereocenters. The number of pyridine rings is 1. The number of rotatable bonds is 8. The van der Waals surface area contributed by atoms with Crippen LogP contribution in [0.15, 0.2) is 35.3 Å². The first-order valence-corrected chi connectivity index (χ1v) is 11.7. The van der Waals surface area contributed by atoms with Crippen LogP contribution in [-0.2, 0) is 29.7 Å². The number of aromatic nitrogens is 3. The van der Waals surface area contributed by atoms with Crippen molar-refractivity contribution in [3.63, 3.8) is 0 Å². The highest BCUT2D eigenvalue weighted by atomic mass is 16.5. The summed E-state index contributed by atoms with van der Waals surface area (Å²) in [4.78, 5) is 28.5. The normalized spacial score (nSPS) is 18.2. The Labute approximate surface area is 198 Å². The first-order valence-electron chi connectivity index (χ1n) is 11.7. The van der Waals surface area contributed by atoms with Crippen molar-refractivity contribution in [1.29, 1.82) is 0 Å². The lowest BCUT2D eigenvalue weighted by molar-refractivity contribution is -0.142. The van der Waals surface area contributed by atoms with Gasteiger partial charge in [-0.15, -0.1) is 0 Å². The number of ether oxygens (including phenoxy) is 1. The van der Waals surface area contributed by atoms with Gasteiger partial charge in [0, 0.05) is 37.5 Å². The number of aliphatic hydroxyl groups excluding tert-OH is 1. The van der Waals surface area contributed by atoms with Gasteiger partial charge in [0.2, 0.25) is 0 Å². The Kier molecular flexibility index (Phi) is 7.16. The van der Waals surface area contributed by atoms with Crippen molar-refractivity contribution >= 4 is 17.0 Å². The number of carboxylic acid groups (broad SMARTS) is 1. The molecule has 0 amide bonds. The van der Waals surface area contributed by atoms with E-state index in [1.54, 1.807) is 24.7 Å². The summed E-state index contributed by atoms with van der Waals surface area (Å²) in [6.07, 6.45) is 4.09. The van der Waals surface area contributed by atoms with Gasteiger partial charge in [0.25, 0.3) is 5.56 Å². The highest BCUT2D eigenvalue weighted by molar-refractivity contribution is 5.81. The summed E-state index contributed by atoms with van der Waals surface area (Å²) in [6, 6.07) is 6.66. The van der Waals surface area contributed by atoms with Crippen molar-refractivity contribution < 1.29 is 19.7 Å². The van der Waals surface area contributed by atoms with Crippen LogP contribution in [0, 0.1) is 6.92 Å². The quantitative estimate of drug-likeness (QED) is 0.464. The van der Waals surface area contributed by atoms with Gasteiger partial charge in [-0.3, -0.25) is 14.9 Å². The molecule has 4 rings (SSSR count). The van der Waals surface area contributed by atoms with Gasteiger partial charge in [-0.1, -0.05) is 6.07 Å². The summed E-state index contributed by atoms with van der Waals surface area (Å²) in [5, 5.41) is 21.9. The average molecular weight is 469 g/mol. The molecule has 182 valence electrons. The molecule has 9 heteroatoms. The van der Waals surface area contributed by atoms with Crippen LogP contribution in [0.25, 0.3) is 22.4 Å². The average Bonchev–Trinajstić information content (AvgIpc) is 3.15. The van der Waals surface area contributed by atoms with E-state index >= 15 is 0 Å². The fraction of sp³-hybridized carbons (Fsp3) is 0.480. The molecule has 0 bridgehead atoms. The van der Waals surface area contributed by atoms with E-state index in [0.29, 0.717) is 12.1 Å². The Morgan fingerprint density at radius 1 is 1.32 bits per heavy atom. The zero-order chi connectivity index (χ0) is 24.4. The maximum Gasteiger partial charge on any atom is 0.323 e. The Hall–Kier alpha value is -3.01. The molecule has 0 aliphatic carbocycles. The number of nitrogens with one attached hydrogen (secondary N) is 1. The maximum atomic E-state index is 12.2. The third kappa shape index (κ3) is 5.06. The number of aryl methyl sites for hydroxylation is 2. The molecule has 9 nitrogen and oxygen atoms in total. The largest absolute Gasteiger partial charge is 0.480 e. The van der Waals surface area contributed by atoms with Gasteiger partial charge in [-0.05, 0) is 56.9 Å². The van der Waals surface area contributed by atoms with Gasteiger partial charge in [0.1, 0.15) is 11.9 Å². The van der Waals surface area contributed by atoms with Crippen LogP contribution >= 0.6 is 0 Å². The van der Waals surface area contributed by atoms with Gasteiger partial charge < -0.3 is 24.1 Å². The lowest BCUT2D eigenvalue weighted by atomic mass is 10.1. The number of carbonyl (C=O) groups is 1. The van der Waals surface area contributed by atoms with E-state index in [1.807, 2.05) is 24.3 Å². The van der Waals surface area contributed by atoms with Crippen LogP contribution in [0.5, 0.6) is 0 Å². The predicted molar refractivity (Wildman–Crippen MR) is 129 cm³/mol. The van der Waals surface area contributed by atoms with Gasteiger partial charge in [0.15, 0.2) is 0 Å². The lowest BCUT2D eigenvalue weighted by Gasteiger charge is -2.24. The SMILES string of the molecule is Cc1cc(-c2nc3cc(CNC(C(=O)O)[C@@H](C)O)ccc3n2CC2CCCCO2)cn(C)c1=O. The summed E-state index contributed by atoms with van der Waals surface area (Å²) in [7, 11) is 1.74. The Morgan fingerprint density at radius 3 is 2.76 bits per heavy atom. The number of benzene rings is 1. The van der Waals surface area contributed by atoms with Crippen LogP contribution < -0.4 is 10.9 Å². The molecule has 3 heterocycles. The van der Waals surface area contributed by atoms with E-state index in [0.717, 1.165) is 53.9 Å². The van der Waals surface area contributed by atoms with E-state index in [2.05, 4.69) is 9.88 Å². The number of hydrogen-bond acceptors (Lipinski definition) is 6. The minimum atomic E-state index is -1.10. The Balaban J connectivity index is 1.72. The topological polar surface area (TPSA) is 119 Å². The highest BCUT2D eigenvalue weighted by Crippen LogP contribution is 2.28. The van der Waals surface area contributed by atoms with E-state index in [9.17, 15) is 19.8 Å². The molecule has 1 fully saturated rings. The molecule has 1 aromatic carbocycles. The van der Waals surface area contributed by atoms with Crippen LogP contribution in [0.2, 0.25) is 0 Å². The molecule has 3 aromatic rings. The zero-order valence-corrected chi connectivity index (χ0v) is 19.8. The minimum absolute atomic E-state index is 0.0403. The maximum absolute atomic E-state index is 12.2. The number of nitrogens with zero attached hydrogens (tertiary/aromatic N) is 3. The van der Waals surface area contributed by atoms with Crippen LogP contribution in [-0.4, -0.2) is 55.2 Å². The summed E-state index contributed by atoms with van der Waals surface area (Å²) >= 11 is 0. The number of imidazole rings is 1. The monoisotopic (exact) mass is 468 g/mol. The van der Waals surface area contributed by atoms with Gasteiger partial charge in [-0.2, -0.15) is 0 Å². The van der Waals surface area contributed by atoms with Crippen molar-refractivity contribution in [2.45, 2.75) is 64.4 Å². The molecule has 34 heavy (non-hydrogen) atoms. The summed E-state index contributed by atoms with van der Waals surface area (Å²) in [6.45, 7) is 4.95. The fourth-order valence-corrected chi connectivity index (χ4v) is 4.54. The first-order chi connectivity index (χ1) is 16.2. The van der Waals surface area contributed by atoms with Crippen molar-refractivity contribution in [2.75, 3.05) is 6.61 Å². The molecule has 1 aliphatic rings. The smallest absolute Gasteiger partial charge is 0.323 e. The molecule has 0 spiro atoms. The number of carboxylic acids is 1. The molecule has 1 saturated heterocycles. The summed E-state index contributed by atoms with van der Waals surface area (Å²) in [5.41, 5.74) is 4.05. The van der Waals surface area contributed by atoms with E-state index in [-0.39, 0.29) is 18.2 Å². The van der Waals surface area contributed by atoms with Crippen LogP contribution in [0.4, 0.5) is 0 Å². The van der Waals surface area contributed by atoms with Gasteiger partial charge >= 0.3 is 5.97 Å². The second kappa shape index (κ2) is 10.1. The summed E-state index contributed by atoms with van der Waals surface area (Å²) in [5.74, 6) is -0.333. The molecule has 1 aliphatic heterocycles. The fourth-order valence-electron chi connectivity index (χ4n) is 4.54. The predicted octanol–water partition coefficient (Wildman–Crippen LogP) is 2.20. The van der Waals surface area contributed by atoms with Crippen molar-refractivity contribution in [3.8, 4) is 11.4 Å². The number of aliphatic carboxylic acids is 1. The zero-order valence-electron chi connectivity index (χ0n) is 19.8. The van der Waals surface area contributed by atoms with Crippen molar-refractivity contribution in [3.05, 3.63) is 51.9 Å². The van der Waals surface area contributed by atoms with E-state index in [4.69, 9.17) is 9.72 Å². The lowest BCUT2D eigenvalue weighted by Crippen LogP contribution is -2.44. The Morgan fingerprint density at radius 2 is 2.12 bits per heavy atom. The third-order valence-electron chi connectivity index (χ3n) is 6.37. The number of hydrogen-bond donors (Lipinski definition) is 3. The molecular formula is C25H32N4O5. The van der Waals surface area contributed by atoms with Gasteiger partial charge in [-0.25, -0.2) is 4.98 Å². The second-order valence-corrected chi connectivity index (χ2v) is 9.12. The minimum Gasteiger partial charge on any atom is -0.480 e. The molecule has 3 atom stereocenters. The van der Waals surface area contributed by atoms with E-state index in [1.165, 1.54) is 6.92 Å². The highest BCUT2D eigenvalue weighted by Gasteiger charge is 2.23. The van der Waals surface area contributed by atoms with Crippen LogP contribution in [0.3, 0.4) is 0 Å². The van der Waals surface area contributed by atoms with Gasteiger partial charge in [0.05, 0.1) is 29.8 Å². The molecule has 0 saturated carbocycles. The standard InChI is InChI=1S/C25H32N4O5/c1-15-10-18(13-28(3)24(15)31)23-27-20-11-17(12-26-22(16(2)30)25(32)33)7-8-21(20)29(23)14-19-6-4-5-9-34-19/h7-8,10-11,13,16,19,22,26,30H,4-6,9,12,14H2,1-3H3,(H,32,33)/t16-,19?,22?/m1/s1. The first kappa shape index (κ1) is 24.1. The number of fused-ring (bicyclic) bond motifs is 1. The molecular weight excluding hydrogens is 436 g/mol. The summed E-state index contributed by atoms with van der Waals surface area (Å²) < 4.78 is 9.72. The molecule has 2 aromatic heterocycles. The van der Waals surface area contributed by atoms with Crippen molar-refractivity contribution in [1.82, 2.24) is 19.4 Å².